The molecule has 26 heavy (non-hydrogen) atoms. The smallest absolute Gasteiger partial charge is 0.234 e. The molecule has 136 valence electrons. The number of carbonyl (C=O) groups excluding carboxylic acids is 1. The molecule has 2 atom stereocenters. The van der Waals surface area contributed by atoms with Crippen molar-refractivity contribution in [2.75, 3.05) is 11.1 Å². The molecule has 1 saturated carbocycles. The molecule has 0 unspecified atom stereocenters. The van der Waals surface area contributed by atoms with Crippen LogP contribution >= 0.6 is 11.8 Å². The van der Waals surface area contributed by atoms with Crippen molar-refractivity contribution in [3.05, 3.63) is 41.2 Å². The minimum atomic E-state index is -0.0592. The van der Waals surface area contributed by atoms with Crippen molar-refractivity contribution in [1.29, 1.82) is 0 Å². The van der Waals surface area contributed by atoms with Crippen LogP contribution < -0.4 is 5.32 Å². The van der Waals surface area contributed by atoms with E-state index in [4.69, 9.17) is 4.98 Å². The number of hydrogen-bond acceptors (Lipinski definition) is 5. The highest BCUT2D eigenvalue weighted by molar-refractivity contribution is 7.99. The molecule has 4 rings (SSSR count). The number of fused-ring (bicyclic) bond motifs is 5. The highest BCUT2D eigenvalue weighted by atomic mass is 32.2. The average Bonchev–Trinajstić information content (AvgIpc) is 2.94. The van der Waals surface area contributed by atoms with Gasteiger partial charge in [0.1, 0.15) is 0 Å². The van der Waals surface area contributed by atoms with Crippen LogP contribution in [0.1, 0.15) is 56.5 Å². The zero-order valence-corrected chi connectivity index (χ0v) is 16.5. The van der Waals surface area contributed by atoms with Gasteiger partial charge in [0, 0.05) is 17.0 Å². The summed E-state index contributed by atoms with van der Waals surface area (Å²) in [5.41, 5.74) is 4.36. The highest BCUT2D eigenvalue weighted by Gasteiger charge is 2.61. The fourth-order valence-electron chi connectivity index (χ4n) is 4.39. The van der Waals surface area contributed by atoms with E-state index in [0.717, 1.165) is 29.9 Å². The Morgan fingerprint density at radius 2 is 1.96 bits per heavy atom. The van der Waals surface area contributed by atoms with Crippen LogP contribution in [0.25, 0.3) is 0 Å². The zero-order chi connectivity index (χ0) is 18.5. The lowest BCUT2D eigenvalue weighted by Gasteiger charge is -2.33. The topological polar surface area (TPSA) is 67.8 Å². The first-order valence-corrected chi connectivity index (χ1v) is 10.0. The predicted molar refractivity (Wildman–Crippen MR) is 103 cm³/mol. The molecule has 1 amide bonds. The van der Waals surface area contributed by atoms with Crippen molar-refractivity contribution in [2.24, 2.45) is 5.41 Å². The lowest BCUT2D eigenvalue weighted by atomic mass is 9.70. The van der Waals surface area contributed by atoms with Crippen LogP contribution in [0.3, 0.4) is 0 Å². The Bertz CT molecular complexity index is 865. The Hall–Kier alpha value is -1.95. The Balaban J connectivity index is 1.45. The number of benzene rings is 1. The molecule has 1 N–H and O–H groups in total. The minimum Gasteiger partial charge on any atom is -0.325 e. The van der Waals surface area contributed by atoms with E-state index in [2.05, 4.69) is 36.3 Å². The maximum atomic E-state index is 12.2. The number of hydrogen-bond donors (Lipinski definition) is 1. The number of aromatic nitrogens is 3. The molecule has 0 radical (unpaired) electrons. The molecule has 2 aromatic rings. The fraction of sp³-hybridized carbons (Fsp3) is 0.500. The number of anilines is 1. The van der Waals surface area contributed by atoms with Gasteiger partial charge in [-0.25, -0.2) is 4.98 Å². The molecule has 2 bridgehead atoms. The number of rotatable bonds is 4. The van der Waals surface area contributed by atoms with Crippen molar-refractivity contribution in [1.82, 2.24) is 15.2 Å². The third-order valence-corrected chi connectivity index (χ3v) is 7.28. The van der Waals surface area contributed by atoms with Gasteiger partial charge in [-0.1, -0.05) is 50.2 Å². The monoisotopic (exact) mass is 368 g/mol. The summed E-state index contributed by atoms with van der Waals surface area (Å²) >= 11 is 1.35. The van der Waals surface area contributed by atoms with Crippen LogP contribution in [0.2, 0.25) is 0 Å². The van der Waals surface area contributed by atoms with Crippen molar-refractivity contribution in [2.45, 2.75) is 57.0 Å². The fourth-order valence-corrected chi connectivity index (χ4v) is 4.97. The van der Waals surface area contributed by atoms with Gasteiger partial charge in [0.15, 0.2) is 0 Å². The summed E-state index contributed by atoms with van der Waals surface area (Å²) in [4.78, 5) is 17.0. The molecule has 1 aromatic heterocycles. The average molecular weight is 369 g/mol. The van der Waals surface area contributed by atoms with Crippen molar-refractivity contribution >= 4 is 23.4 Å². The number of aryl methyl sites for hydroxylation is 1. The summed E-state index contributed by atoms with van der Waals surface area (Å²) in [6.07, 6.45) is 2.31. The van der Waals surface area contributed by atoms with Gasteiger partial charge < -0.3 is 5.32 Å². The standard InChI is InChI=1S/C20H24N4OS/c1-12-5-7-13(8-6-12)21-15(25)11-26-18-22-17-16(23-24-18)14-9-10-20(17,4)19(14,2)3/h5-8,14H,9-11H2,1-4H3,(H,21,25)/t14-,20+/m0/s1. The van der Waals surface area contributed by atoms with E-state index in [1.165, 1.54) is 17.3 Å². The summed E-state index contributed by atoms with van der Waals surface area (Å²) in [5.74, 6) is 0.667. The highest BCUT2D eigenvalue weighted by Crippen LogP contribution is 2.66. The first-order valence-electron chi connectivity index (χ1n) is 9.06. The number of amides is 1. The molecule has 1 fully saturated rings. The second-order valence-electron chi connectivity index (χ2n) is 8.18. The van der Waals surface area contributed by atoms with Crippen LogP contribution in [-0.2, 0) is 10.2 Å². The predicted octanol–water partition coefficient (Wildman–Crippen LogP) is 4.09. The molecular weight excluding hydrogens is 344 g/mol. The third kappa shape index (κ3) is 2.62. The van der Waals surface area contributed by atoms with E-state index in [0.29, 0.717) is 11.1 Å². The first-order chi connectivity index (χ1) is 12.3. The van der Waals surface area contributed by atoms with E-state index in [9.17, 15) is 4.79 Å². The molecule has 2 aliphatic carbocycles. The third-order valence-electron chi connectivity index (χ3n) is 6.44. The first kappa shape index (κ1) is 17.5. The summed E-state index contributed by atoms with van der Waals surface area (Å²) in [7, 11) is 0. The van der Waals surface area contributed by atoms with Crippen LogP contribution in [0.15, 0.2) is 29.4 Å². The number of nitrogens with zero attached hydrogens (tertiary/aromatic N) is 3. The molecule has 1 aromatic carbocycles. The number of carbonyl (C=O) groups is 1. The van der Waals surface area contributed by atoms with Gasteiger partial charge in [-0.05, 0) is 37.3 Å². The van der Waals surface area contributed by atoms with E-state index < -0.39 is 0 Å². The molecule has 5 nitrogen and oxygen atoms in total. The summed E-state index contributed by atoms with van der Waals surface area (Å²) in [6, 6.07) is 7.78. The summed E-state index contributed by atoms with van der Waals surface area (Å²) in [6.45, 7) is 8.95. The van der Waals surface area contributed by atoms with Gasteiger partial charge >= 0.3 is 0 Å². The van der Waals surface area contributed by atoms with Gasteiger partial charge in [0.25, 0.3) is 0 Å². The number of thioether (sulfide) groups is 1. The van der Waals surface area contributed by atoms with Crippen LogP contribution in [-0.4, -0.2) is 26.8 Å². The van der Waals surface area contributed by atoms with Crippen LogP contribution in [0, 0.1) is 12.3 Å². The normalized spacial score (nSPS) is 25.2. The lowest BCUT2D eigenvalue weighted by molar-refractivity contribution is -0.113. The van der Waals surface area contributed by atoms with Crippen molar-refractivity contribution in [3.63, 3.8) is 0 Å². The molecule has 0 aliphatic heterocycles. The van der Waals surface area contributed by atoms with Gasteiger partial charge in [-0.3, -0.25) is 4.79 Å². The van der Waals surface area contributed by atoms with E-state index in [1.807, 2.05) is 31.2 Å². The van der Waals surface area contributed by atoms with Crippen LogP contribution in [0.5, 0.6) is 0 Å². The Morgan fingerprint density at radius 3 is 2.69 bits per heavy atom. The lowest BCUT2D eigenvalue weighted by Crippen LogP contribution is -2.32. The number of nitrogens with one attached hydrogen (secondary N) is 1. The molecule has 0 spiro atoms. The second kappa shape index (κ2) is 6.05. The van der Waals surface area contributed by atoms with Crippen molar-refractivity contribution < 1.29 is 4.79 Å². The Kier molecular flexibility index (Phi) is 4.06. The maximum Gasteiger partial charge on any atom is 0.234 e. The van der Waals surface area contributed by atoms with Crippen LogP contribution in [0.4, 0.5) is 5.69 Å². The Morgan fingerprint density at radius 1 is 1.23 bits per heavy atom. The maximum absolute atomic E-state index is 12.2. The summed E-state index contributed by atoms with van der Waals surface area (Å²) < 4.78 is 0. The quantitative estimate of drug-likeness (QED) is 0.824. The largest absolute Gasteiger partial charge is 0.325 e. The van der Waals surface area contributed by atoms with Gasteiger partial charge in [0.2, 0.25) is 11.1 Å². The van der Waals surface area contributed by atoms with Gasteiger partial charge in [-0.15, -0.1) is 5.10 Å². The van der Waals surface area contributed by atoms with Gasteiger partial charge in [0.05, 0.1) is 17.1 Å². The minimum absolute atomic E-state index is 0.0579. The van der Waals surface area contributed by atoms with Crippen molar-refractivity contribution in [3.8, 4) is 0 Å². The molecule has 1 heterocycles. The Labute approximate surface area is 158 Å². The molecule has 0 saturated heterocycles. The summed E-state index contributed by atoms with van der Waals surface area (Å²) in [5, 5.41) is 12.3. The molecular formula is C20H24N4OS. The SMILES string of the molecule is Cc1ccc(NC(=O)CSc2nnc3c(n2)[C@@]2(C)CC[C@@H]3C2(C)C)cc1. The second-order valence-corrected chi connectivity index (χ2v) is 9.12. The van der Waals surface area contributed by atoms with E-state index >= 15 is 0 Å². The van der Waals surface area contributed by atoms with E-state index in [-0.39, 0.29) is 22.5 Å². The van der Waals surface area contributed by atoms with E-state index in [1.54, 1.807) is 0 Å². The zero-order valence-electron chi connectivity index (χ0n) is 15.7. The molecule has 2 aliphatic rings. The molecule has 6 heteroatoms. The van der Waals surface area contributed by atoms with Gasteiger partial charge in [-0.2, -0.15) is 5.10 Å².